The molecule has 2 aromatic carbocycles. The number of amides is 1. The molecule has 0 aliphatic carbocycles. The van der Waals surface area contributed by atoms with Crippen molar-refractivity contribution < 1.29 is 13.2 Å². The summed E-state index contributed by atoms with van der Waals surface area (Å²) in [5, 5.41) is 2.91. The Morgan fingerprint density at radius 1 is 0.889 bits per heavy atom. The molecule has 0 saturated carbocycles. The van der Waals surface area contributed by atoms with Gasteiger partial charge in [0, 0.05) is 16.8 Å². The van der Waals surface area contributed by atoms with Crippen molar-refractivity contribution in [2.24, 2.45) is 0 Å². The standard InChI is InChI=1S/C21H28N2O3S/c1-20(2,3)17-12-7-8-13-18(17)22-19(24)15-10-9-11-16(14-15)27(25,26)23-21(4,5)6/h7-14,23H,1-6H3,(H,22,24). The summed E-state index contributed by atoms with van der Waals surface area (Å²) in [7, 11) is -3.71. The Morgan fingerprint density at radius 3 is 2.11 bits per heavy atom. The van der Waals surface area contributed by atoms with Crippen LogP contribution in [-0.2, 0) is 15.4 Å². The van der Waals surface area contributed by atoms with Crippen LogP contribution < -0.4 is 10.0 Å². The Labute approximate surface area is 162 Å². The second-order valence-electron chi connectivity index (χ2n) is 8.63. The molecule has 0 fully saturated rings. The van der Waals surface area contributed by atoms with E-state index in [0.29, 0.717) is 0 Å². The monoisotopic (exact) mass is 388 g/mol. The molecule has 0 radical (unpaired) electrons. The maximum atomic E-state index is 12.7. The van der Waals surface area contributed by atoms with Gasteiger partial charge in [-0.1, -0.05) is 45.0 Å². The van der Waals surface area contributed by atoms with Gasteiger partial charge in [-0.05, 0) is 56.0 Å². The van der Waals surface area contributed by atoms with Gasteiger partial charge in [0.2, 0.25) is 10.0 Å². The van der Waals surface area contributed by atoms with E-state index in [1.54, 1.807) is 32.9 Å². The van der Waals surface area contributed by atoms with Crippen LogP contribution in [0.4, 0.5) is 5.69 Å². The van der Waals surface area contributed by atoms with Gasteiger partial charge in [-0.2, -0.15) is 0 Å². The van der Waals surface area contributed by atoms with Gasteiger partial charge in [0.1, 0.15) is 0 Å². The second-order valence-corrected chi connectivity index (χ2v) is 10.3. The Morgan fingerprint density at radius 2 is 1.52 bits per heavy atom. The van der Waals surface area contributed by atoms with E-state index in [0.717, 1.165) is 11.3 Å². The normalized spacial score (nSPS) is 12.7. The van der Waals surface area contributed by atoms with Crippen molar-refractivity contribution in [2.45, 2.75) is 57.4 Å². The Hall–Kier alpha value is -2.18. The number of anilines is 1. The zero-order valence-corrected chi connectivity index (χ0v) is 17.6. The summed E-state index contributed by atoms with van der Waals surface area (Å²) < 4.78 is 27.6. The van der Waals surface area contributed by atoms with Crippen molar-refractivity contribution in [1.29, 1.82) is 0 Å². The number of para-hydroxylation sites is 1. The minimum absolute atomic E-state index is 0.0641. The third kappa shape index (κ3) is 5.65. The molecule has 27 heavy (non-hydrogen) atoms. The first kappa shape index (κ1) is 21.1. The lowest BCUT2D eigenvalue weighted by molar-refractivity contribution is 0.102. The predicted octanol–water partition coefficient (Wildman–Crippen LogP) is 4.31. The van der Waals surface area contributed by atoms with E-state index in [-0.39, 0.29) is 21.8 Å². The first-order chi connectivity index (χ1) is 12.3. The molecular formula is C21H28N2O3S. The first-order valence-electron chi connectivity index (χ1n) is 8.84. The molecule has 146 valence electrons. The number of sulfonamides is 1. The predicted molar refractivity (Wildman–Crippen MR) is 110 cm³/mol. The summed E-state index contributed by atoms with van der Waals surface area (Å²) in [4.78, 5) is 12.8. The lowest BCUT2D eigenvalue weighted by atomic mass is 9.86. The molecule has 0 aromatic heterocycles. The highest BCUT2D eigenvalue weighted by molar-refractivity contribution is 7.89. The van der Waals surface area contributed by atoms with Crippen LogP contribution in [0.5, 0.6) is 0 Å². The number of rotatable bonds is 4. The zero-order chi connectivity index (χ0) is 20.5. The quantitative estimate of drug-likeness (QED) is 0.819. The Bertz CT molecular complexity index is 936. The first-order valence-corrected chi connectivity index (χ1v) is 10.3. The fourth-order valence-electron chi connectivity index (χ4n) is 2.71. The lowest BCUT2D eigenvalue weighted by Crippen LogP contribution is -2.40. The van der Waals surface area contributed by atoms with E-state index in [1.165, 1.54) is 12.1 Å². The second kappa shape index (κ2) is 7.44. The molecule has 0 spiro atoms. The highest BCUT2D eigenvalue weighted by Gasteiger charge is 2.23. The largest absolute Gasteiger partial charge is 0.322 e. The van der Waals surface area contributed by atoms with Gasteiger partial charge in [-0.25, -0.2) is 13.1 Å². The molecule has 2 aromatic rings. The van der Waals surface area contributed by atoms with E-state index in [1.807, 2.05) is 24.3 Å². The maximum Gasteiger partial charge on any atom is 0.255 e. The third-order valence-corrected chi connectivity index (χ3v) is 5.59. The smallest absolute Gasteiger partial charge is 0.255 e. The van der Waals surface area contributed by atoms with Crippen LogP contribution >= 0.6 is 0 Å². The van der Waals surface area contributed by atoms with Gasteiger partial charge in [0.15, 0.2) is 0 Å². The van der Waals surface area contributed by atoms with Gasteiger partial charge >= 0.3 is 0 Å². The van der Waals surface area contributed by atoms with Crippen LogP contribution in [0.15, 0.2) is 53.4 Å². The minimum Gasteiger partial charge on any atom is -0.322 e. The van der Waals surface area contributed by atoms with Gasteiger partial charge in [-0.15, -0.1) is 0 Å². The average molecular weight is 389 g/mol. The van der Waals surface area contributed by atoms with E-state index in [2.05, 4.69) is 30.8 Å². The zero-order valence-electron chi connectivity index (χ0n) is 16.8. The number of carbonyl (C=O) groups is 1. The van der Waals surface area contributed by atoms with Crippen molar-refractivity contribution in [1.82, 2.24) is 4.72 Å². The van der Waals surface area contributed by atoms with Crippen LogP contribution in [0.25, 0.3) is 0 Å². The van der Waals surface area contributed by atoms with Crippen LogP contribution in [0.2, 0.25) is 0 Å². The lowest BCUT2D eigenvalue weighted by Gasteiger charge is -2.23. The summed E-state index contributed by atoms with van der Waals surface area (Å²) in [6, 6.07) is 13.7. The number of benzene rings is 2. The SMILES string of the molecule is CC(C)(C)NS(=O)(=O)c1cccc(C(=O)Nc2ccccc2C(C)(C)C)c1. The fraction of sp³-hybridized carbons (Fsp3) is 0.381. The highest BCUT2D eigenvalue weighted by atomic mass is 32.2. The van der Waals surface area contributed by atoms with Gasteiger partial charge in [0.25, 0.3) is 5.91 Å². The summed E-state index contributed by atoms with van der Waals surface area (Å²) >= 11 is 0. The van der Waals surface area contributed by atoms with Crippen LogP contribution in [0.3, 0.4) is 0 Å². The van der Waals surface area contributed by atoms with Crippen LogP contribution in [0.1, 0.15) is 57.5 Å². The van der Waals surface area contributed by atoms with Gasteiger partial charge in [0.05, 0.1) is 4.90 Å². The number of hydrogen-bond acceptors (Lipinski definition) is 3. The van der Waals surface area contributed by atoms with E-state index < -0.39 is 15.6 Å². The molecule has 2 rings (SSSR count). The maximum absolute atomic E-state index is 12.7. The topological polar surface area (TPSA) is 75.3 Å². The van der Waals surface area contributed by atoms with E-state index >= 15 is 0 Å². The molecule has 0 atom stereocenters. The molecule has 0 heterocycles. The molecule has 6 heteroatoms. The van der Waals surface area contributed by atoms with Crippen molar-refractivity contribution in [2.75, 3.05) is 5.32 Å². The highest BCUT2D eigenvalue weighted by Crippen LogP contribution is 2.29. The minimum atomic E-state index is -3.71. The molecule has 5 nitrogen and oxygen atoms in total. The third-order valence-electron chi connectivity index (χ3n) is 3.83. The van der Waals surface area contributed by atoms with Crippen molar-refractivity contribution in [3.05, 3.63) is 59.7 Å². The van der Waals surface area contributed by atoms with Crippen molar-refractivity contribution >= 4 is 21.6 Å². The van der Waals surface area contributed by atoms with Crippen LogP contribution in [0, 0.1) is 0 Å². The Balaban J connectivity index is 2.32. The number of nitrogens with one attached hydrogen (secondary N) is 2. The molecule has 0 saturated heterocycles. The summed E-state index contributed by atoms with van der Waals surface area (Å²) in [5.41, 5.74) is 1.28. The van der Waals surface area contributed by atoms with Crippen molar-refractivity contribution in [3.63, 3.8) is 0 Å². The average Bonchev–Trinajstić information content (AvgIpc) is 2.52. The molecule has 0 bridgehead atoms. The van der Waals surface area contributed by atoms with Gasteiger partial charge < -0.3 is 5.32 Å². The molecule has 0 aliphatic heterocycles. The van der Waals surface area contributed by atoms with Crippen molar-refractivity contribution in [3.8, 4) is 0 Å². The molecule has 2 N–H and O–H groups in total. The summed E-state index contributed by atoms with van der Waals surface area (Å²) in [6.45, 7) is 11.5. The molecule has 1 amide bonds. The number of carbonyl (C=O) groups excluding carboxylic acids is 1. The summed E-state index contributed by atoms with van der Waals surface area (Å²) in [6.07, 6.45) is 0. The molecule has 0 unspecified atom stereocenters. The fourth-order valence-corrected chi connectivity index (χ4v) is 4.17. The van der Waals surface area contributed by atoms with E-state index in [4.69, 9.17) is 0 Å². The molecular weight excluding hydrogens is 360 g/mol. The number of hydrogen-bond donors (Lipinski definition) is 2. The van der Waals surface area contributed by atoms with Gasteiger partial charge in [-0.3, -0.25) is 4.79 Å². The van der Waals surface area contributed by atoms with Crippen LogP contribution in [-0.4, -0.2) is 19.9 Å². The summed E-state index contributed by atoms with van der Waals surface area (Å²) in [5.74, 6) is -0.348. The van der Waals surface area contributed by atoms with E-state index in [9.17, 15) is 13.2 Å². The Kier molecular flexibility index (Phi) is 5.82. The molecule has 0 aliphatic rings.